The molecule has 6 nitrogen and oxygen atoms in total. The molecule has 3 heterocycles. The fourth-order valence-corrected chi connectivity index (χ4v) is 5.83. The van der Waals surface area contributed by atoms with Crippen LogP contribution in [0, 0.1) is 6.92 Å². The van der Waals surface area contributed by atoms with Crippen molar-refractivity contribution in [3.05, 3.63) is 29.3 Å². The monoisotopic (exact) mass is 363 g/mol. The number of rotatable bonds is 2. The van der Waals surface area contributed by atoms with Crippen LogP contribution < -0.4 is 9.62 Å². The molecule has 3 aliphatic heterocycles. The molecule has 7 heteroatoms. The summed E-state index contributed by atoms with van der Waals surface area (Å²) in [7, 11) is -3.19. The van der Waals surface area contributed by atoms with Crippen LogP contribution in [0.2, 0.25) is 0 Å². The third-order valence-electron chi connectivity index (χ3n) is 5.64. The lowest BCUT2D eigenvalue weighted by Crippen LogP contribution is -2.39. The predicted molar refractivity (Wildman–Crippen MR) is 97.4 cm³/mol. The van der Waals surface area contributed by atoms with Crippen molar-refractivity contribution in [2.75, 3.05) is 29.7 Å². The molecule has 2 bridgehead atoms. The first kappa shape index (κ1) is 16.8. The highest BCUT2D eigenvalue weighted by atomic mass is 32.2. The molecule has 0 spiro atoms. The Labute approximate surface area is 149 Å². The number of nitrogens with zero attached hydrogens (tertiary/aromatic N) is 2. The molecule has 2 unspecified atom stereocenters. The van der Waals surface area contributed by atoms with E-state index in [1.807, 2.05) is 17.9 Å². The van der Waals surface area contributed by atoms with Gasteiger partial charge in [-0.1, -0.05) is 0 Å². The highest BCUT2D eigenvalue weighted by Crippen LogP contribution is 2.27. The average molecular weight is 363 g/mol. The summed E-state index contributed by atoms with van der Waals surface area (Å²) in [5, 5.41) is 3.59. The highest BCUT2D eigenvalue weighted by Gasteiger charge is 2.32. The SMILES string of the molecule is Cc1cc(N2CCCS2(=O)=O)ccc1C(=O)N1CCC2CCC(C1)N2. The summed E-state index contributed by atoms with van der Waals surface area (Å²) in [5.74, 6) is 0.262. The number of carbonyl (C=O) groups is 1. The van der Waals surface area contributed by atoms with Crippen LogP contribution in [0.4, 0.5) is 5.69 Å². The van der Waals surface area contributed by atoms with Crippen molar-refractivity contribution in [2.24, 2.45) is 0 Å². The van der Waals surface area contributed by atoms with Crippen molar-refractivity contribution in [1.29, 1.82) is 0 Å². The summed E-state index contributed by atoms with van der Waals surface area (Å²) in [5.41, 5.74) is 2.19. The average Bonchev–Trinajstić information content (AvgIpc) is 3.08. The maximum atomic E-state index is 13.0. The van der Waals surface area contributed by atoms with Crippen LogP contribution in [-0.4, -0.2) is 56.7 Å². The largest absolute Gasteiger partial charge is 0.337 e. The summed E-state index contributed by atoms with van der Waals surface area (Å²) in [4.78, 5) is 14.9. The zero-order chi connectivity index (χ0) is 17.6. The van der Waals surface area contributed by atoms with Gasteiger partial charge in [-0.2, -0.15) is 0 Å². The number of sulfonamides is 1. The van der Waals surface area contributed by atoms with E-state index in [-0.39, 0.29) is 11.7 Å². The lowest BCUT2D eigenvalue weighted by molar-refractivity contribution is 0.0747. The van der Waals surface area contributed by atoms with E-state index >= 15 is 0 Å². The normalized spacial score (nSPS) is 28.2. The molecule has 0 aliphatic carbocycles. The van der Waals surface area contributed by atoms with Gasteiger partial charge in [-0.15, -0.1) is 0 Å². The summed E-state index contributed by atoms with van der Waals surface area (Å²) in [6, 6.07) is 6.35. The summed E-state index contributed by atoms with van der Waals surface area (Å²) in [6.07, 6.45) is 4.01. The molecule has 4 rings (SSSR count). The van der Waals surface area contributed by atoms with Crippen molar-refractivity contribution >= 4 is 21.6 Å². The van der Waals surface area contributed by atoms with Crippen LogP contribution in [0.5, 0.6) is 0 Å². The highest BCUT2D eigenvalue weighted by molar-refractivity contribution is 7.93. The quantitative estimate of drug-likeness (QED) is 0.865. The lowest BCUT2D eigenvalue weighted by atomic mass is 10.0. The van der Waals surface area contributed by atoms with Gasteiger partial charge in [0, 0.05) is 37.3 Å². The van der Waals surface area contributed by atoms with E-state index < -0.39 is 10.0 Å². The third kappa shape index (κ3) is 3.15. The molecule has 1 N–H and O–H groups in total. The molecular weight excluding hydrogens is 338 g/mol. The van der Waals surface area contributed by atoms with Crippen LogP contribution in [-0.2, 0) is 10.0 Å². The number of fused-ring (bicyclic) bond motifs is 2. The van der Waals surface area contributed by atoms with Crippen LogP contribution in [0.1, 0.15) is 41.6 Å². The van der Waals surface area contributed by atoms with E-state index in [2.05, 4.69) is 5.32 Å². The van der Waals surface area contributed by atoms with Gasteiger partial charge >= 0.3 is 0 Å². The second-order valence-corrected chi connectivity index (χ2v) is 9.43. The zero-order valence-corrected chi connectivity index (χ0v) is 15.4. The number of benzene rings is 1. The van der Waals surface area contributed by atoms with Gasteiger partial charge in [0.25, 0.3) is 5.91 Å². The standard InChI is InChI=1S/C18H25N3O3S/c1-13-11-16(21-8-2-10-25(21,23)24)5-6-17(13)18(22)20-9-7-14-3-4-15(12-20)19-14/h5-6,11,14-15,19H,2-4,7-10,12H2,1H3. The molecule has 0 radical (unpaired) electrons. The topological polar surface area (TPSA) is 69.7 Å². The number of amides is 1. The third-order valence-corrected chi connectivity index (χ3v) is 7.51. The minimum absolute atomic E-state index is 0.0580. The number of anilines is 1. The molecule has 1 amide bonds. The Balaban J connectivity index is 1.55. The van der Waals surface area contributed by atoms with Crippen LogP contribution in [0.25, 0.3) is 0 Å². The Hall–Kier alpha value is -1.60. The van der Waals surface area contributed by atoms with Crippen molar-refractivity contribution < 1.29 is 13.2 Å². The summed E-state index contributed by atoms with van der Waals surface area (Å²) < 4.78 is 25.7. The minimum Gasteiger partial charge on any atom is -0.337 e. The first-order valence-electron chi connectivity index (χ1n) is 9.10. The van der Waals surface area contributed by atoms with Crippen molar-refractivity contribution in [3.8, 4) is 0 Å². The van der Waals surface area contributed by atoms with Gasteiger partial charge in [0.1, 0.15) is 0 Å². The van der Waals surface area contributed by atoms with Crippen molar-refractivity contribution in [2.45, 2.75) is 44.7 Å². The molecule has 0 saturated carbocycles. The fourth-order valence-electron chi connectivity index (χ4n) is 4.27. The molecule has 136 valence electrons. The van der Waals surface area contributed by atoms with E-state index in [1.165, 1.54) is 10.7 Å². The van der Waals surface area contributed by atoms with Crippen LogP contribution in [0.15, 0.2) is 18.2 Å². The second-order valence-electron chi connectivity index (χ2n) is 7.42. The number of likely N-dealkylation sites (tertiary alicyclic amines) is 1. The molecule has 1 aromatic carbocycles. The summed E-state index contributed by atoms with van der Waals surface area (Å²) in [6.45, 7) is 3.96. The summed E-state index contributed by atoms with van der Waals surface area (Å²) >= 11 is 0. The Morgan fingerprint density at radius 3 is 2.68 bits per heavy atom. The second kappa shape index (κ2) is 6.29. The van der Waals surface area contributed by atoms with Crippen molar-refractivity contribution in [3.63, 3.8) is 0 Å². The lowest BCUT2D eigenvalue weighted by Gasteiger charge is -2.25. The molecular formula is C18H25N3O3S. The molecule has 1 aromatic rings. The smallest absolute Gasteiger partial charge is 0.254 e. The molecule has 3 fully saturated rings. The Kier molecular flexibility index (Phi) is 4.24. The first-order valence-corrected chi connectivity index (χ1v) is 10.7. The van der Waals surface area contributed by atoms with E-state index in [9.17, 15) is 13.2 Å². The fraction of sp³-hybridized carbons (Fsp3) is 0.611. The minimum atomic E-state index is -3.19. The van der Waals surface area contributed by atoms with Gasteiger partial charge in [0.15, 0.2) is 0 Å². The molecule has 0 aromatic heterocycles. The predicted octanol–water partition coefficient (Wildman–Crippen LogP) is 1.50. The first-order chi connectivity index (χ1) is 11.9. The molecule has 3 aliphatic rings. The van der Waals surface area contributed by atoms with E-state index in [1.54, 1.807) is 12.1 Å². The Morgan fingerprint density at radius 1 is 1.16 bits per heavy atom. The van der Waals surface area contributed by atoms with E-state index in [0.717, 1.165) is 31.5 Å². The number of hydrogen-bond donors (Lipinski definition) is 1. The van der Waals surface area contributed by atoms with Gasteiger partial charge in [-0.25, -0.2) is 8.42 Å². The van der Waals surface area contributed by atoms with Crippen LogP contribution >= 0.6 is 0 Å². The van der Waals surface area contributed by atoms with Gasteiger partial charge in [-0.05, 0) is 56.4 Å². The van der Waals surface area contributed by atoms with Gasteiger partial charge in [0.05, 0.1) is 11.4 Å². The van der Waals surface area contributed by atoms with Crippen molar-refractivity contribution in [1.82, 2.24) is 10.2 Å². The zero-order valence-electron chi connectivity index (χ0n) is 14.6. The molecule has 25 heavy (non-hydrogen) atoms. The van der Waals surface area contributed by atoms with Gasteiger partial charge in [-0.3, -0.25) is 9.10 Å². The number of carbonyl (C=O) groups excluding carboxylic acids is 1. The molecule has 3 saturated heterocycles. The van der Waals surface area contributed by atoms with Crippen LogP contribution in [0.3, 0.4) is 0 Å². The molecule has 2 atom stereocenters. The number of aryl methyl sites for hydroxylation is 1. The van der Waals surface area contributed by atoms with E-state index in [4.69, 9.17) is 0 Å². The van der Waals surface area contributed by atoms with E-state index in [0.29, 0.717) is 36.3 Å². The maximum Gasteiger partial charge on any atom is 0.254 e. The number of nitrogens with one attached hydrogen (secondary N) is 1. The maximum absolute atomic E-state index is 13.0. The van der Waals surface area contributed by atoms with Gasteiger partial charge < -0.3 is 10.2 Å². The number of hydrogen-bond acceptors (Lipinski definition) is 4. The van der Waals surface area contributed by atoms with Gasteiger partial charge in [0.2, 0.25) is 10.0 Å². The Bertz CT molecular complexity index is 793. The Morgan fingerprint density at radius 2 is 1.96 bits per heavy atom.